The normalized spacial score (nSPS) is 24.3. The first-order valence-electron chi connectivity index (χ1n) is 6.55. The van der Waals surface area contributed by atoms with E-state index >= 15 is 0 Å². The third kappa shape index (κ3) is 3.43. The molecule has 2 aliphatic rings. The first-order valence-corrected chi connectivity index (χ1v) is 8.05. The SMILES string of the molecule is NS(=O)(=O)N1CCC(C(=O)NC2CCCC2)CC1. The molecular weight excluding hydrogens is 254 g/mol. The Bertz CT molecular complexity index is 396. The van der Waals surface area contributed by atoms with Gasteiger partial charge in [0.05, 0.1) is 0 Å². The Balaban J connectivity index is 1.80. The van der Waals surface area contributed by atoms with E-state index in [0.717, 1.165) is 12.8 Å². The average Bonchev–Trinajstić information content (AvgIpc) is 2.81. The Morgan fingerprint density at radius 2 is 1.67 bits per heavy atom. The molecule has 0 bridgehead atoms. The minimum absolute atomic E-state index is 0.0661. The molecule has 1 aliphatic heterocycles. The molecule has 0 atom stereocenters. The van der Waals surface area contributed by atoms with Gasteiger partial charge >= 0.3 is 0 Å². The van der Waals surface area contributed by atoms with E-state index in [-0.39, 0.29) is 11.8 Å². The monoisotopic (exact) mass is 275 g/mol. The van der Waals surface area contributed by atoms with Crippen molar-refractivity contribution in [2.24, 2.45) is 11.1 Å². The fourth-order valence-electron chi connectivity index (χ4n) is 2.76. The quantitative estimate of drug-likeness (QED) is 0.757. The molecule has 7 heteroatoms. The highest BCUT2D eigenvalue weighted by molar-refractivity contribution is 7.86. The van der Waals surface area contributed by atoms with Gasteiger partial charge in [-0.1, -0.05) is 12.8 Å². The molecule has 0 radical (unpaired) electrons. The molecule has 104 valence electrons. The molecule has 0 unspecified atom stereocenters. The molecule has 2 fully saturated rings. The molecule has 3 N–H and O–H groups in total. The molecule has 18 heavy (non-hydrogen) atoms. The molecule has 1 saturated heterocycles. The van der Waals surface area contributed by atoms with E-state index in [1.807, 2.05) is 0 Å². The second-order valence-electron chi connectivity index (χ2n) is 5.21. The van der Waals surface area contributed by atoms with Gasteiger partial charge in [-0.25, -0.2) is 5.14 Å². The van der Waals surface area contributed by atoms with E-state index in [4.69, 9.17) is 5.14 Å². The lowest BCUT2D eigenvalue weighted by atomic mass is 9.97. The molecule has 2 rings (SSSR count). The molecule has 1 amide bonds. The zero-order valence-electron chi connectivity index (χ0n) is 10.5. The minimum atomic E-state index is -3.60. The van der Waals surface area contributed by atoms with Crippen molar-refractivity contribution in [3.63, 3.8) is 0 Å². The number of hydrogen-bond acceptors (Lipinski definition) is 3. The number of amides is 1. The van der Waals surface area contributed by atoms with Gasteiger partial charge in [-0.05, 0) is 25.7 Å². The van der Waals surface area contributed by atoms with E-state index in [1.165, 1.54) is 17.1 Å². The summed E-state index contributed by atoms with van der Waals surface area (Å²) in [6.45, 7) is 0.698. The summed E-state index contributed by atoms with van der Waals surface area (Å²) >= 11 is 0. The Labute approximate surface area is 108 Å². The highest BCUT2D eigenvalue weighted by Crippen LogP contribution is 2.21. The fraction of sp³-hybridized carbons (Fsp3) is 0.909. The van der Waals surface area contributed by atoms with Crippen LogP contribution in [0.25, 0.3) is 0 Å². The zero-order chi connectivity index (χ0) is 13.2. The first kappa shape index (κ1) is 13.8. The van der Waals surface area contributed by atoms with Gasteiger partial charge in [0.1, 0.15) is 0 Å². The molecular formula is C11H21N3O3S. The Kier molecular flexibility index (Phi) is 4.24. The predicted molar refractivity (Wildman–Crippen MR) is 67.8 cm³/mol. The van der Waals surface area contributed by atoms with Gasteiger partial charge in [0.15, 0.2) is 0 Å². The molecule has 1 aliphatic carbocycles. The maximum Gasteiger partial charge on any atom is 0.276 e. The van der Waals surface area contributed by atoms with Crippen LogP contribution in [0.5, 0.6) is 0 Å². The topological polar surface area (TPSA) is 92.5 Å². The zero-order valence-corrected chi connectivity index (χ0v) is 11.3. The third-order valence-electron chi connectivity index (χ3n) is 3.89. The van der Waals surface area contributed by atoms with Crippen LogP contribution in [-0.2, 0) is 15.0 Å². The summed E-state index contributed by atoms with van der Waals surface area (Å²) in [5.41, 5.74) is 0. The van der Waals surface area contributed by atoms with Gasteiger partial charge in [-0.3, -0.25) is 4.79 Å². The van der Waals surface area contributed by atoms with E-state index in [9.17, 15) is 13.2 Å². The predicted octanol–water partition coefficient (Wildman–Crippen LogP) is -0.0393. The van der Waals surface area contributed by atoms with Crippen LogP contribution in [-0.4, -0.2) is 37.8 Å². The average molecular weight is 275 g/mol. The van der Waals surface area contributed by atoms with Crippen molar-refractivity contribution in [3.05, 3.63) is 0 Å². The van der Waals surface area contributed by atoms with Crippen LogP contribution in [0.3, 0.4) is 0 Å². The highest BCUT2D eigenvalue weighted by Gasteiger charge is 2.30. The van der Waals surface area contributed by atoms with Crippen LogP contribution in [0.15, 0.2) is 0 Å². The molecule has 0 aromatic carbocycles. The number of carbonyl (C=O) groups is 1. The Morgan fingerprint density at radius 3 is 2.17 bits per heavy atom. The number of nitrogens with zero attached hydrogens (tertiary/aromatic N) is 1. The van der Waals surface area contributed by atoms with Crippen molar-refractivity contribution in [1.82, 2.24) is 9.62 Å². The summed E-state index contributed by atoms with van der Waals surface area (Å²) < 4.78 is 23.5. The van der Waals surface area contributed by atoms with E-state index in [2.05, 4.69) is 5.32 Å². The molecule has 0 spiro atoms. The lowest BCUT2D eigenvalue weighted by Crippen LogP contribution is -2.46. The van der Waals surface area contributed by atoms with E-state index in [1.54, 1.807) is 0 Å². The Hall–Kier alpha value is -0.660. The smallest absolute Gasteiger partial charge is 0.276 e. The standard InChI is InChI=1S/C11H21N3O3S/c12-18(16,17)14-7-5-9(6-8-14)11(15)13-10-3-1-2-4-10/h9-10H,1-8H2,(H,13,15)(H2,12,16,17). The number of piperidine rings is 1. The number of hydrogen-bond donors (Lipinski definition) is 2. The lowest BCUT2D eigenvalue weighted by molar-refractivity contribution is -0.126. The van der Waals surface area contributed by atoms with Crippen LogP contribution in [0, 0.1) is 5.92 Å². The van der Waals surface area contributed by atoms with Gasteiger partial charge in [0, 0.05) is 25.0 Å². The van der Waals surface area contributed by atoms with Gasteiger partial charge < -0.3 is 5.32 Å². The third-order valence-corrected chi connectivity index (χ3v) is 4.97. The molecule has 0 aromatic rings. The van der Waals surface area contributed by atoms with Crippen LogP contribution in [0.1, 0.15) is 38.5 Å². The second kappa shape index (κ2) is 5.54. The van der Waals surface area contributed by atoms with Crippen molar-refractivity contribution < 1.29 is 13.2 Å². The maximum atomic E-state index is 12.0. The highest BCUT2D eigenvalue weighted by atomic mass is 32.2. The minimum Gasteiger partial charge on any atom is -0.353 e. The van der Waals surface area contributed by atoms with Crippen molar-refractivity contribution in [1.29, 1.82) is 0 Å². The van der Waals surface area contributed by atoms with Crippen LogP contribution >= 0.6 is 0 Å². The maximum absolute atomic E-state index is 12.0. The lowest BCUT2D eigenvalue weighted by Gasteiger charge is -2.29. The summed E-state index contributed by atoms with van der Waals surface area (Å²) in [5, 5.41) is 8.13. The number of nitrogens with two attached hydrogens (primary N) is 1. The van der Waals surface area contributed by atoms with Gasteiger partial charge in [0.25, 0.3) is 10.2 Å². The van der Waals surface area contributed by atoms with Gasteiger partial charge in [-0.2, -0.15) is 12.7 Å². The summed E-state index contributed by atoms with van der Waals surface area (Å²) in [7, 11) is -3.60. The molecule has 1 saturated carbocycles. The van der Waals surface area contributed by atoms with Crippen molar-refractivity contribution in [3.8, 4) is 0 Å². The van der Waals surface area contributed by atoms with Crippen molar-refractivity contribution in [2.45, 2.75) is 44.6 Å². The molecule has 1 heterocycles. The van der Waals surface area contributed by atoms with Gasteiger partial charge in [-0.15, -0.1) is 0 Å². The van der Waals surface area contributed by atoms with E-state index < -0.39 is 10.2 Å². The second-order valence-corrected chi connectivity index (χ2v) is 6.75. The summed E-state index contributed by atoms with van der Waals surface area (Å²) in [4.78, 5) is 12.0. The van der Waals surface area contributed by atoms with Crippen molar-refractivity contribution in [2.75, 3.05) is 13.1 Å². The molecule has 0 aromatic heterocycles. The number of rotatable bonds is 3. The fourth-order valence-corrected chi connectivity index (χ4v) is 3.48. The Morgan fingerprint density at radius 1 is 1.11 bits per heavy atom. The number of nitrogens with one attached hydrogen (secondary N) is 1. The summed E-state index contributed by atoms with van der Waals surface area (Å²) in [6.07, 6.45) is 5.65. The van der Waals surface area contributed by atoms with Crippen molar-refractivity contribution >= 4 is 16.1 Å². The summed E-state index contributed by atoms with van der Waals surface area (Å²) in [5.74, 6) is 0.0135. The van der Waals surface area contributed by atoms with Gasteiger partial charge in [0.2, 0.25) is 5.91 Å². The summed E-state index contributed by atoms with van der Waals surface area (Å²) in [6, 6.07) is 0.328. The van der Waals surface area contributed by atoms with Crippen LogP contribution < -0.4 is 10.5 Å². The number of carbonyl (C=O) groups excluding carboxylic acids is 1. The van der Waals surface area contributed by atoms with Crippen LogP contribution in [0.2, 0.25) is 0 Å². The van der Waals surface area contributed by atoms with E-state index in [0.29, 0.717) is 32.0 Å². The molecule has 6 nitrogen and oxygen atoms in total. The first-order chi connectivity index (χ1) is 8.47. The van der Waals surface area contributed by atoms with Crippen LogP contribution in [0.4, 0.5) is 0 Å². The largest absolute Gasteiger partial charge is 0.353 e.